The van der Waals surface area contributed by atoms with Gasteiger partial charge in [0.2, 0.25) is 0 Å². The predicted octanol–water partition coefficient (Wildman–Crippen LogP) is 1.41. The van der Waals surface area contributed by atoms with Gasteiger partial charge in [-0.1, -0.05) is 0 Å². The molecule has 0 atom stereocenters. The van der Waals surface area contributed by atoms with Crippen molar-refractivity contribution in [1.29, 1.82) is 5.26 Å². The molecule has 15 heavy (non-hydrogen) atoms. The van der Waals surface area contributed by atoms with Crippen LogP contribution in [0.3, 0.4) is 0 Å². The standard InChI is InChI=1S/C10H10N2O2S/c1-14-10(13)6-15-8-3-2-7(5-11)9(12)4-8/h2-4H,6,12H2,1H3. The van der Waals surface area contributed by atoms with Gasteiger partial charge in [0, 0.05) is 4.90 Å². The third kappa shape index (κ3) is 3.18. The van der Waals surface area contributed by atoms with Crippen molar-refractivity contribution < 1.29 is 9.53 Å². The van der Waals surface area contributed by atoms with Gasteiger partial charge in [0.25, 0.3) is 0 Å². The van der Waals surface area contributed by atoms with Gasteiger partial charge in [0.15, 0.2) is 0 Å². The summed E-state index contributed by atoms with van der Waals surface area (Å²) >= 11 is 1.32. The zero-order chi connectivity index (χ0) is 11.3. The van der Waals surface area contributed by atoms with Crippen molar-refractivity contribution in [2.24, 2.45) is 0 Å². The SMILES string of the molecule is COC(=O)CSc1ccc(C#N)c(N)c1. The van der Waals surface area contributed by atoms with E-state index in [1.165, 1.54) is 18.9 Å². The van der Waals surface area contributed by atoms with Crippen LogP contribution in [0.5, 0.6) is 0 Å². The van der Waals surface area contributed by atoms with Crippen LogP contribution in [0.2, 0.25) is 0 Å². The van der Waals surface area contributed by atoms with E-state index in [-0.39, 0.29) is 11.7 Å². The molecule has 0 saturated heterocycles. The lowest BCUT2D eigenvalue weighted by Gasteiger charge is -2.02. The van der Waals surface area contributed by atoms with Gasteiger partial charge in [0.1, 0.15) is 6.07 Å². The van der Waals surface area contributed by atoms with E-state index in [0.29, 0.717) is 11.3 Å². The number of hydrogen-bond donors (Lipinski definition) is 1. The average Bonchev–Trinajstić information content (AvgIpc) is 2.26. The topological polar surface area (TPSA) is 76.1 Å². The first kappa shape index (κ1) is 11.4. The van der Waals surface area contributed by atoms with Crippen LogP contribution in [-0.2, 0) is 9.53 Å². The fraction of sp³-hybridized carbons (Fsp3) is 0.200. The lowest BCUT2D eigenvalue weighted by molar-refractivity contribution is -0.137. The highest BCUT2D eigenvalue weighted by Gasteiger charge is 2.04. The van der Waals surface area contributed by atoms with Crippen molar-refractivity contribution in [3.63, 3.8) is 0 Å². The Morgan fingerprint density at radius 3 is 2.93 bits per heavy atom. The summed E-state index contributed by atoms with van der Waals surface area (Å²) in [6.07, 6.45) is 0. The number of rotatable bonds is 3. The van der Waals surface area contributed by atoms with Crippen molar-refractivity contribution in [3.05, 3.63) is 23.8 Å². The molecule has 0 saturated carbocycles. The molecule has 1 aromatic rings. The Hall–Kier alpha value is -1.67. The maximum absolute atomic E-state index is 10.9. The average molecular weight is 222 g/mol. The van der Waals surface area contributed by atoms with Crippen molar-refractivity contribution in [3.8, 4) is 6.07 Å². The molecule has 78 valence electrons. The molecule has 2 N–H and O–H groups in total. The Morgan fingerprint density at radius 2 is 2.40 bits per heavy atom. The molecule has 0 aliphatic rings. The van der Waals surface area contributed by atoms with E-state index in [9.17, 15) is 4.79 Å². The zero-order valence-corrected chi connectivity index (χ0v) is 9.00. The quantitative estimate of drug-likeness (QED) is 0.475. The van der Waals surface area contributed by atoms with E-state index >= 15 is 0 Å². The maximum Gasteiger partial charge on any atom is 0.315 e. The molecule has 0 aliphatic carbocycles. The summed E-state index contributed by atoms with van der Waals surface area (Å²) < 4.78 is 4.50. The number of thioether (sulfide) groups is 1. The van der Waals surface area contributed by atoms with Crippen LogP contribution >= 0.6 is 11.8 Å². The summed E-state index contributed by atoms with van der Waals surface area (Å²) in [5.41, 5.74) is 6.48. The highest BCUT2D eigenvalue weighted by atomic mass is 32.2. The number of benzene rings is 1. The summed E-state index contributed by atoms with van der Waals surface area (Å²) in [7, 11) is 1.34. The molecule has 0 spiro atoms. The van der Waals surface area contributed by atoms with Crippen molar-refractivity contribution in [2.45, 2.75) is 4.90 Å². The molecule has 0 aromatic heterocycles. The van der Waals surface area contributed by atoms with Gasteiger partial charge in [-0.3, -0.25) is 4.79 Å². The number of nitrogen functional groups attached to an aromatic ring is 1. The van der Waals surface area contributed by atoms with Crippen molar-refractivity contribution in [2.75, 3.05) is 18.6 Å². The van der Waals surface area contributed by atoms with Crippen LogP contribution in [0.25, 0.3) is 0 Å². The Labute approximate surface area is 92.0 Å². The van der Waals surface area contributed by atoms with Crippen LogP contribution in [-0.4, -0.2) is 18.8 Å². The minimum absolute atomic E-state index is 0.238. The number of carbonyl (C=O) groups is 1. The second-order valence-electron chi connectivity index (χ2n) is 2.73. The van der Waals surface area contributed by atoms with Gasteiger partial charge in [-0.05, 0) is 18.2 Å². The molecule has 1 rings (SSSR count). The summed E-state index contributed by atoms with van der Waals surface area (Å²) in [6, 6.07) is 7.03. The molecule has 4 nitrogen and oxygen atoms in total. The Morgan fingerprint density at radius 1 is 1.67 bits per heavy atom. The molecule has 0 heterocycles. The number of nitriles is 1. The molecule has 1 aromatic carbocycles. The Bertz CT molecular complexity index is 412. The summed E-state index contributed by atoms with van der Waals surface area (Å²) in [5.74, 6) is -0.0510. The molecule has 0 unspecified atom stereocenters. The Balaban J connectivity index is 2.68. The van der Waals surface area contributed by atoms with Crippen LogP contribution in [0.15, 0.2) is 23.1 Å². The van der Waals surface area contributed by atoms with Crippen molar-refractivity contribution >= 4 is 23.4 Å². The third-order valence-corrected chi connectivity index (χ3v) is 2.70. The number of ether oxygens (including phenoxy) is 1. The first-order valence-electron chi connectivity index (χ1n) is 4.16. The zero-order valence-electron chi connectivity index (χ0n) is 8.19. The maximum atomic E-state index is 10.9. The molecule has 5 heteroatoms. The number of anilines is 1. The minimum atomic E-state index is -0.289. The van der Waals surface area contributed by atoms with Gasteiger partial charge in [-0.15, -0.1) is 11.8 Å². The van der Waals surface area contributed by atoms with Gasteiger partial charge in [0.05, 0.1) is 24.1 Å². The smallest absolute Gasteiger partial charge is 0.315 e. The third-order valence-electron chi connectivity index (χ3n) is 1.73. The number of esters is 1. The second-order valence-corrected chi connectivity index (χ2v) is 3.77. The summed E-state index contributed by atoms with van der Waals surface area (Å²) in [5, 5.41) is 8.65. The van der Waals surface area contributed by atoms with Crippen LogP contribution < -0.4 is 5.73 Å². The molecule has 0 bridgehead atoms. The lowest BCUT2D eigenvalue weighted by Crippen LogP contribution is -2.02. The van der Waals surface area contributed by atoms with E-state index in [0.717, 1.165) is 4.90 Å². The lowest BCUT2D eigenvalue weighted by atomic mass is 10.2. The van der Waals surface area contributed by atoms with Crippen LogP contribution in [0, 0.1) is 11.3 Å². The highest BCUT2D eigenvalue weighted by Crippen LogP contribution is 2.22. The fourth-order valence-electron chi connectivity index (χ4n) is 0.934. The molecular weight excluding hydrogens is 212 g/mol. The number of carbonyl (C=O) groups excluding carboxylic acids is 1. The van der Waals surface area contributed by atoms with E-state index in [4.69, 9.17) is 11.0 Å². The molecule has 0 amide bonds. The first-order valence-corrected chi connectivity index (χ1v) is 5.15. The summed E-state index contributed by atoms with van der Waals surface area (Å²) in [6.45, 7) is 0. The van der Waals surface area contributed by atoms with Crippen molar-refractivity contribution in [1.82, 2.24) is 0 Å². The minimum Gasteiger partial charge on any atom is -0.468 e. The van der Waals surface area contributed by atoms with E-state index in [1.807, 2.05) is 6.07 Å². The molecule has 0 radical (unpaired) electrons. The van der Waals surface area contributed by atoms with E-state index < -0.39 is 0 Å². The molecule has 0 aliphatic heterocycles. The number of methoxy groups -OCH3 is 1. The fourth-order valence-corrected chi connectivity index (χ4v) is 1.71. The number of hydrogen-bond acceptors (Lipinski definition) is 5. The second kappa shape index (κ2) is 5.27. The largest absolute Gasteiger partial charge is 0.468 e. The summed E-state index contributed by atoms with van der Waals surface area (Å²) in [4.78, 5) is 11.7. The number of nitrogens with zero attached hydrogens (tertiary/aromatic N) is 1. The van der Waals surface area contributed by atoms with Gasteiger partial charge in [-0.2, -0.15) is 5.26 Å². The van der Waals surface area contributed by atoms with Crippen LogP contribution in [0.4, 0.5) is 5.69 Å². The normalized spacial score (nSPS) is 9.33. The number of nitrogens with two attached hydrogens (primary N) is 1. The highest BCUT2D eigenvalue weighted by molar-refractivity contribution is 8.00. The van der Waals surface area contributed by atoms with Gasteiger partial charge in [-0.25, -0.2) is 0 Å². The monoisotopic (exact) mass is 222 g/mol. The Kier molecular flexibility index (Phi) is 4.01. The molecular formula is C10H10N2O2S. The van der Waals surface area contributed by atoms with E-state index in [1.54, 1.807) is 18.2 Å². The molecule has 0 fully saturated rings. The van der Waals surface area contributed by atoms with Crippen LogP contribution in [0.1, 0.15) is 5.56 Å². The van der Waals surface area contributed by atoms with Gasteiger partial charge >= 0.3 is 5.97 Å². The first-order chi connectivity index (χ1) is 7.17. The van der Waals surface area contributed by atoms with E-state index in [2.05, 4.69) is 4.74 Å². The predicted molar refractivity (Wildman–Crippen MR) is 58.3 cm³/mol. The van der Waals surface area contributed by atoms with Gasteiger partial charge < -0.3 is 10.5 Å².